The molecule has 2 aromatic rings. The average molecular weight is 344 g/mol. The van der Waals surface area contributed by atoms with Gasteiger partial charge in [0.05, 0.1) is 10.6 Å². The summed E-state index contributed by atoms with van der Waals surface area (Å²) >= 11 is 1.41. The minimum atomic E-state index is -0.0950. The van der Waals surface area contributed by atoms with Gasteiger partial charge in [0.15, 0.2) is 0 Å². The van der Waals surface area contributed by atoms with Gasteiger partial charge in [0.25, 0.3) is 5.91 Å². The molecule has 1 N–H and O–H groups in total. The number of carbonyl (C=O) groups excluding carboxylic acids is 2. The summed E-state index contributed by atoms with van der Waals surface area (Å²) in [7, 11) is 0. The Morgan fingerprint density at radius 2 is 1.96 bits per heavy atom. The first-order valence-corrected chi connectivity index (χ1v) is 8.99. The van der Waals surface area contributed by atoms with Crippen molar-refractivity contribution in [2.75, 3.05) is 18.0 Å². The van der Waals surface area contributed by atoms with Gasteiger partial charge in [0.1, 0.15) is 0 Å². The van der Waals surface area contributed by atoms with E-state index in [9.17, 15) is 9.59 Å². The monoisotopic (exact) mass is 344 g/mol. The number of anilines is 1. The van der Waals surface area contributed by atoms with Gasteiger partial charge < -0.3 is 10.2 Å². The van der Waals surface area contributed by atoms with Crippen LogP contribution in [0.4, 0.5) is 5.69 Å². The molecule has 0 unspecified atom stereocenters. The second-order valence-corrected chi connectivity index (χ2v) is 7.02. The summed E-state index contributed by atoms with van der Waals surface area (Å²) in [6, 6.07) is 9.74. The van der Waals surface area contributed by atoms with Gasteiger partial charge in [-0.05, 0) is 35.4 Å². The number of para-hydroxylation sites is 1. The van der Waals surface area contributed by atoms with Crippen molar-refractivity contribution in [3.05, 3.63) is 51.7 Å². The molecule has 0 radical (unpaired) electrons. The van der Waals surface area contributed by atoms with Crippen molar-refractivity contribution in [1.82, 2.24) is 5.32 Å². The summed E-state index contributed by atoms with van der Waals surface area (Å²) in [6.07, 6.45) is 0. The number of hydrogen-bond acceptors (Lipinski definition) is 3. The molecule has 0 spiro atoms. The van der Waals surface area contributed by atoms with Gasteiger partial charge in [-0.1, -0.05) is 38.1 Å². The maximum absolute atomic E-state index is 12.2. The van der Waals surface area contributed by atoms with E-state index in [4.69, 9.17) is 0 Å². The molecule has 5 heteroatoms. The van der Waals surface area contributed by atoms with E-state index in [1.165, 1.54) is 11.3 Å². The van der Waals surface area contributed by atoms with Crippen LogP contribution in [-0.4, -0.2) is 24.9 Å². The highest BCUT2D eigenvalue weighted by atomic mass is 32.1. The van der Waals surface area contributed by atoms with E-state index in [-0.39, 0.29) is 11.8 Å². The van der Waals surface area contributed by atoms with Crippen LogP contribution in [0.2, 0.25) is 0 Å². The van der Waals surface area contributed by atoms with Gasteiger partial charge in [-0.15, -0.1) is 11.3 Å². The van der Waals surface area contributed by atoms with Crippen LogP contribution in [0.1, 0.15) is 47.5 Å². The Morgan fingerprint density at radius 1 is 1.21 bits per heavy atom. The molecule has 128 valence electrons. The predicted octanol–water partition coefficient (Wildman–Crippen LogP) is 3.96. The van der Waals surface area contributed by atoms with Gasteiger partial charge in [-0.3, -0.25) is 9.59 Å². The van der Waals surface area contributed by atoms with Crippen LogP contribution in [0.15, 0.2) is 35.7 Å². The summed E-state index contributed by atoms with van der Waals surface area (Å²) in [5.74, 6) is 0.210. The van der Waals surface area contributed by atoms with E-state index in [1.807, 2.05) is 30.5 Å². The average Bonchev–Trinajstić information content (AvgIpc) is 3.06. The molecular weight excluding hydrogens is 320 g/mol. The number of hydrogen-bond donors (Lipinski definition) is 1. The third-order valence-corrected chi connectivity index (χ3v) is 4.78. The summed E-state index contributed by atoms with van der Waals surface area (Å²) in [4.78, 5) is 26.7. The second kappa shape index (κ2) is 8.11. The van der Waals surface area contributed by atoms with E-state index in [0.717, 1.165) is 16.8 Å². The lowest BCUT2D eigenvalue weighted by Crippen LogP contribution is -2.38. The number of aryl methyl sites for hydroxylation is 1. The fraction of sp³-hybridized carbons (Fsp3) is 0.368. The zero-order valence-corrected chi connectivity index (χ0v) is 15.4. The number of rotatable bonds is 6. The van der Waals surface area contributed by atoms with Gasteiger partial charge >= 0.3 is 0 Å². The number of benzene rings is 1. The summed E-state index contributed by atoms with van der Waals surface area (Å²) < 4.78 is 0. The number of carbonyl (C=O) groups is 2. The maximum Gasteiger partial charge on any atom is 0.261 e. The highest BCUT2D eigenvalue weighted by molar-refractivity contribution is 7.12. The van der Waals surface area contributed by atoms with E-state index in [1.54, 1.807) is 17.9 Å². The molecule has 0 aliphatic rings. The van der Waals surface area contributed by atoms with E-state index < -0.39 is 0 Å². The van der Waals surface area contributed by atoms with Crippen molar-refractivity contribution < 1.29 is 9.59 Å². The van der Waals surface area contributed by atoms with Crippen molar-refractivity contribution in [1.29, 1.82) is 0 Å². The Kier molecular flexibility index (Phi) is 6.15. The zero-order chi connectivity index (χ0) is 17.7. The van der Waals surface area contributed by atoms with Crippen LogP contribution in [0, 0.1) is 6.92 Å². The van der Waals surface area contributed by atoms with Crippen LogP contribution in [-0.2, 0) is 4.79 Å². The van der Waals surface area contributed by atoms with Crippen molar-refractivity contribution in [2.45, 2.75) is 33.6 Å². The molecule has 2 amide bonds. The number of thiophene rings is 1. The molecule has 4 nitrogen and oxygen atoms in total. The molecular formula is C19H24N2O2S. The Hall–Kier alpha value is -2.14. The van der Waals surface area contributed by atoms with Crippen LogP contribution in [0.25, 0.3) is 0 Å². The van der Waals surface area contributed by atoms with Crippen molar-refractivity contribution in [2.24, 2.45) is 0 Å². The van der Waals surface area contributed by atoms with E-state index in [2.05, 4.69) is 25.2 Å². The summed E-state index contributed by atoms with van der Waals surface area (Å²) in [5, 5.41) is 4.76. The lowest BCUT2D eigenvalue weighted by atomic mass is 9.97. The van der Waals surface area contributed by atoms with Gasteiger partial charge in [-0.25, -0.2) is 0 Å². The normalized spacial score (nSPS) is 10.7. The molecule has 0 fully saturated rings. The lowest BCUT2D eigenvalue weighted by molar-refractivity contribution is -0.116. The first-order chi connectivity index (χ1) is 11.4. The van der Waals surface area contributed by atoms with Crippen molar-refractivity contribution >= 4 is 28.8 Å². The summed E-state index contributed by atoms with van der Waals surface area (Å²) in [5.41, 5.74) is 3.18. The molecule has 0 aliphatic carbocycles. The van der Waals surface area contributed by atoms with Crippen LogP contribution < -0.4 is 10.2 Å². The SMILES string of the molecule is CC(=O)N(CCNC(=O)c1cccs1)c1c(C)cccc1C(C)C. The summed E-state index contributed by atoms with van der Waals surface area (Å²) in [6.45, 7) is 8.70. The van der Waals surface area contributed by atoms with Crippen molar-refractivity contribution in [3.8, 4) is 0 Å². The molecule has 1 aromatic heterocycles. The number of nitrogens with zero attached hydrogens (tertiary/aromatic N) is 1. The first-order valence-electron chi connectivity index (χ1n) is 8.11. The maximum atomic E-state index is 12.2. The number of nitrogens with one attached hydrogen (secondary N) is 1. The van der Waals surface area contributed by atoms with Crippen LogP contribution in [0.3, 0.4) is 0 Å². The predicted molar refractivity (Wildman–Crippen MR) is 99.9 cm³/mol. The van der Waals surface area contributed by atoms with E-state index in [0.29, 0.717) is 23.9 Å². The molecule has 1 aromatic carbocycles. The van der Waals surface area contributed by atoms with Crippen molar-refractivity contribution in [3.63, 3.8) is 0 Å². The minimum Gasteiger partial charge on any atom is -0.350 e. The Bertz CT molecular complexity index is 708. The minimum absolute atomic E-state index is 0.0171. The molecule has 0 saturated carbocycles. The highest BCUT2D eigenvalue weighted by Gasteiger charge is 2.19. The molecule has 0 bridgehead atoms. The van der Waals surface area contributed by atoms with Crippen LogP contribution >= 0.6 is 11.3 Å². The quantitative estimate of drug-likeness (QED) is 0.862. The Morgan fingerprint density at radius 3 is 2.54 bits per heavy atom. The lowest BCUT2D eigenvalue weighted by Gasteiger charge is -2.27. The highest BCUT2D eigenvalue weighted by Crippen LogP contribution is 2.30. The fourth-order valence-electron chi connectivity index (χ4n) is 2.72. The molecule has 24 heavy (non-hydrogen) atoms. The van der Waals surface area contributed by atoms with Gasteiger partial charge in [0, 0.05) is 20.0 Å². The Labute approximate surface area is 147 Å². The Balaban J connectivity index is 2.13. The fourth-order valence-corrected chi connectivity index (χ4v) is 3.36. The number of amides is 2. The standard InChI is InChI=1S/C19H24N2O2S/c1-13(2)16-8-5-7-14(3)18(16)21(15(4)22)11-10-20-19(23)17-9-6-12-24-17/h5-9,12-13H,10-11H2,1-4H3,(H,20,23). The molecule has 0 aliphatic heterocycles. The second-order valence-electron chi connectivity index (χ2n) is 6.07. The van der Waals surface area contributed by atoms with Gasteiger partial charge in [0.2, 0.25) is 5.91 Å². The zero-order valence-electron chi connectivity index (χ0n) is 14.6. The van der Waals surface area contributed by atoms with Crippen LogP contribution in [0.5, 0.6) is 0 Å². The smallest absolute Gasteiger partial charge is 0.261 e. The third kappa shape index (κ3) is 4.23. The van der Waals surface area contributed by atoms with Gasteiger partial charge in [-0.2, -0.15) is 0 Å². The molecule has 0 saturated heterocycles. The third-order valence-electron chi connectivity index (χ3n) is 3.91. The first kappa shape index (κ1) is 18.2. The molecule has 2 rings (SSSR count). The largest absolute Gasteiger partial charge is 0.350 e. The molecule has 0 atom stereocenters. The topological polar surface area (TPSA) is 49.4 Å². The van der Waals surface area contributed by atoms with E-state index >= 15 is 0 Å². The molecule has 1 heterocycles.